The van der Waals surface area contributed by atoms with E-state index in [4.69, 9.17) is 0 Å². The molecule has 0 atom stereocenters. The van der Waals surface area contributed by atoms with Gasteiger partial charge in [-0.25, -0.2) is 0 Å². The average Bonchev–Trinajstić information content (AvgIpc) is 2.35. The second-order valence-electron chi connectivity index (χ2n) is 4.04. The maximum absolute atomic E-state index is 11.7. The van der Waals surface area contributed by atoms with E-state index in [1.165, 1.54) is 4.90 Å². The SMILES string of the molecule is CCCCN(C)C(=O)C(=O)Nc1cccc(Br)c1. The molecule has 0 aliphatic carbocycles. The van der Waals surface area contributed by atoms with Gasteiger partial charge in [-0.15, -0.1) is 0 Å². The van der Waals surface area contributed by atoms with E-state index in [-0.39, 0.29) is 0 Å². The highest BCUT2D eigenvalue weighted by Gasteiger charge is 2.18. The Kier molecular flexibility index (Phi) is 5.85. The first kappa shape index (κ1) is 14.7. The Morgan fingerprint density at radius 1 is 1.39 bits per heavy atom. The van der Waals surface area contributed by atoms with Crippen molar-refractivity contribution in [1.29, 1.82) is 0 Å². The van der Waals surface area contributed by atoms with Gasteiger partial charge in [0.05, 0.1) is 0 Å². The van der Waals surface area contributed by atoms with E-state index in [0.717, 1.165) is 17.3 Å². The molecule has 1 N–H and O–H groups in total. The standard InChI is InChI=1S/C13H17BrN2O2/c1-3-4-8-16(2)13(18)12(17)15-11-7-5-6-10(14)9-11/h5-7,9H,3-4,8H2,1-2H3,(H,15,17). The van der Waals surface area contributed by atoms with Crippen molar-refractivity contribution in [3.63, 3.8) is 0 Å². The number of likely N-dealkylation sites (N-methyl/N-ethyl adjacent to an activating group) is 1. The molecular formula is C13H17BrN2O2. The number of amides is 2. The van der Waals surface area contributed by atoms with Crippen LogP contribution in [0.3, 0.4) is 0 Å². The van der Waals surface area contributed by atoms with Gasteiger partial charge in [0, 0.05) is 23.8 Å². The van der Waals surface area contributed by atoms with Crippen molar-refractivity contribution in [2.75, 3.05) is 18.9 Å². The number of nitrogens with zero attached hydrogens (tertiary/aromatic N) is 1. The third-order valence-electron chi connectivity index (χ3n) is 2.47. The molecule has 18 heavy (non-hydrogen) atoms. The minimum Gasteiger partial charge on any atom is -0.338 e. The van der Waals surface area contributed by atoms with Gasteiger partial charge in [-0.3, -0.25) is 9.59 Å². The minimum absolute atomic E-state index is 0.511. The quantitative estimate of drug-likeness (QED) is 0.869. The van der Waals surface area contributed by atoms with Crippen LogP contribution in [0.25, 0.3) is 0 Å². The van der Waals surface area contributed by atoms with Gasteiger partial charge in [-0.05, 0) is 24.6 Å². The second-order valence-corrected chi connectivity index (χ2v) is 4.96. The molecule has 0 aromatic heterocycles. The monoisotopic (exact) mass is 312 g/mol. The molecule has 2 amide bonds. The zero-order valence-corrected chi connectivity index (χ0v) is 12.2. The first-order valence-corrected chi connectivity index (χ1v) is 6.66. The first-order chi connectivity index (χ1) is 8.54. The third-order valence-corrected chi connectivity index (χ3v) is 2.96. The van der Waals surface area contributed by atoms with Gasteiger partial charge in [-0.1, -0.05) is 35.3 Å². The Labute approximate surface area is 115 Å². The van der Waals surface area contributed by atoms with E-state index in [1.807, 2.05) is 13.0 Å². The van der Waals surface area contributed by atoms with Crippen LogP contribution in [0, 0.1) is 0 Å². The van der Waals surface area contributed by atoms with Gasteiger partial charge in [0.2, 0.25) is 0 Å². The number of hydrogen-bond donors (Lipinski definition) is 1. The lowest BCUT2D eigenvalue weighted by molar-refractivity contribution is -0.142. The predicted octanol–water partition coefficient (Wildman–Crippen LogP) is 2.65. The molecule has 0 aliphatic rings. The predicted molar refractivity (Wildman–Crippen MR) is 75.3 cm³/mol. The first-order valence-electron chi connectivity index (χ1n) is 5.86. The molecule has 0 fully saturated rings. The lowest BCUT2D eigenvalue weighted by Gasteiger charge is -2.16. The van der Waals surface area contributed by atoms with E-state index < -0.39 is 11.8 Å². The molecule has 5 heteroatoms. The Bertz CT molecular complexity index is 435. The van der Waals surface area contributed by atoms with E-state index in [0.29, 0.717) is 12.2 Å². The van der Waals surface area contributed by atoms with Gasteiger partial charge in [0.1, 0.15) is 0 Å². The van der Waals surface area contributed by atoms with Crippen LogP contribution in [0.5, 0.6) is 0 Å². The Hall–Kier alpha value is -1.36. The normalized spacial score (nSPS) is 9.94. The summed E-state index contributed by atoms with van der Waals surface area (Å²) in [7, 11) is 1.64. The summed E-state index contributed by atoms with van der Waals surface area (Å²) in [6.07, 6.45) is 1.89. The summed E-state index contributed by atoms with van der Waals surface area (Å²) in [6, 6.07) is 7.13. The second kappa shape index (κ2) is 7.16. The number of anilines is 1. The Balaban J connectivity index is 2.57. The molecule has 98 valence electrons. The summed E-state index contributed by atoms with van der Waals surface area (Å²) in [4.78, 5) is 24.9. The van der Waals surface area contributed by atoms with E-state index in [9.17, 15) is 9.59 Å². The van der Waals surface area contributed by atoms with Crippen LogP contribution in [0.4, 0.5) is 5.69 Å². The fraction of sp³-hybridized carbons (Fsp3) is 0.385. The number of unbranched alkanes of at least 4 members (excludes halogenated alkanes) is 1. The summed E-state index contributed by atoms with van der Waals surface area (Å²) >= 11 is 3.31. The molecule has 0 radical (unpaired) electrons. The fourth-order valence-corrected chi connectivity index (χ4v) is 1.82. The van der Waals surface area contributed by atoms with Gasteiger partial charge in [0.15, 0.2) is 0 Å². The van der Waals surface area contributed by atoms with Crippen LogP contribution in [0.1, 0.15) is 19.8 Å². The van der Waals surface area contributed by atoms with Crippen molar-refractivity contribution >= 4 is 33.4 Å². The molecule has 0 unspecified atom stereocenters. The molecular weight excluding hydrogens is 296 g/mol. The number of halogens is 1. The van der Waals surface area contributed by atoms with Crippen molar-refractivity contribution in [2.24, 2.45) is 0 Å². The Morgan fingerprint density at radius 3 is 2.72 bits per heavy atom. The number of carbonyl (C=O) groups is 2. The van der Waals surface area contributed by atoms with Gasteiger partial charge in [0.25, 0.3) is 0 Å². The molecule has 0 aliphatic heterocycles. The van der Waals surface area contributed by atoms with Gasteiger partial charge in [-0.2, -0.15) is 0 Å². The molecule has 1 rings (SSSR count). The summed E-state index contributed by atoms with van der Waals surface area (Å²) in [5.41, 5.74) is 0.603. The van der Waals surface area contributed by atoms with Crippen LogP contribution >= 0.6 is 15.9 Å². The zero-order chi connectivity index (χ0) is 13.5. The number of benzene rings is 1. The average molecular weight is 313 g/mol. The third kappa shape index (κ3) is 4.49. The molecule has 1 aromatic rings. The molecule has 0 spiro atoms. The maximum Gasteiger partial charge on any atom is 0.313 e. The highest BCUT2D eigenvalue weighted by Crippen LogP contribution is 2.15. The molecule has 4 nitrogen and oxygen atoms in total. The molecule has 0 saturated carbocycles. The number of hydrogen-bond acceptors (Lipinski definition) is 2. The number of carbonyl (C=O) groups excluding carboxylic acids is 2. The topological polar surface area (TPSA) is 49.4 Å². The molecule has 0 saturated heterocycles. The highest BCUT2D eigenvalue weighted by molar-refractivity contribution is 9.10. The largest absolute Gasteiger partial charge is 0.338 e. The molecule has 0 bridgehead atoms. The lowest BCUT2D eigenvalue weighted by Crippen LogP contribution is -2.37. The number of nitrogens with one attached hydrogen (secondary N) is 1. The van der Waals surface area contributed by atoms with Crippen molar-refractivity contribution < 1.29 is 9.59 Å². The minimum atomic E-state index is -0.605. The molecule has 1 aromatic carbocycles. The van der Waals surface area contributed by atoms with Crippen LogP contribution < -0.4 is 5.32 Å². The highest BCUT2D eigenvalue weighted by atomic mass is 79.9. The van der Waals surface area contributed by atoms with Crippen molar-refractivity contribution in [2.45, 2.75) is 19.8 Å². The smallest absolute Gasteiger partial charge is 0.313 e. The van der Waals surface area contributed by atoms with Crippen molar-refractivity contribution in [3.05, 3.63) is 28.7 Å². The van der Waals surface area contributed by atoms with Gasteiger partial charge >= 0.3 is 11.8 Å². The van der Waals surface area contributed by atoms with E-state index in [1.54, 1.807) is 25.2 Å². The lowest BCUT2D eigenvalue weighted by atomic mass is 10.3. The Morgan fingerprint density at radius 2 is 2.11 bits per heavy atom. The summed E-state index contributed by atoms with van der Waals surface area (Å²) in [5, 5.41) is 2.58. The van der Waals surface area contributed by atoms with E-state index >= 15 is 0 Å². The summed E-state index contributed by atoms with van der Waals surface area (Å²) in [5.74, 6) is -1.12. The van der Waals surface area contributed by atoms with Crippen LogP contribution in [0.2, 0.25) is 0 Å². The molecule has 0 heterocycles. The van der Waals surface area contributed by atoms with E-state index in [2.05, 4.69) is 21.2 Å². The van der Waals surface area contributed by atoms with Crippen LogP contribution in [0.15, 0.2) is 28.7 Å². The fourth-order valence-electron chi connectivity index (χ4n) is 1.42. The van der Waals surface area contributed by atoms with Crippen molar-refractivity contribution in [1.82, 2.24) is 4.90 Å². The summed E-state index contributed by atoms with van der Waals surface area (Å²) in [6.45, 7) is 2.64. The van der Waals surface area contributed by atoms with Crippen LogP contribution in [-0.2, 0) is 9.59 Å². The maximum atomic E-state index is 11.7. The number of rotatable bonds is 4. The zero-order valence-electron chi connectivity index (χ0n) is 10.6. The van der Waals surface area contributed by atoms with Crippen LogP contribution in [-0.4, -0.2) is 30.3 Å². The van der Waals surface area contributed by atoms with Gasteiger partial charge < -0.3 is 10.2 Å². The van der Waals surface area contributed by atoms with Crippen molar-refractivity contribution in [3.8, 4) is 0 Å². The summed E-state index contributed by atoms with van der Waals surface area (Å²) < 4.78 is 0.854.